The van der Waals surface area contributed by atoms with E-state index in [4.69, 9.17) is 0 Å². The predicted octanol–water partition coefficient (Wildman–Crippen LogP) is 3.60. The van der Waals surface area contributed by atoms with Gasteiger partial charge >= 0.3 is 5.97 Å². The van der Waals surface area contributed by atoms with Crippen LogP contribution in [0.1, 0.15) is 38.1 Å². The van der Waals surface area contributed by atoms with Crippen LogP contribution >= 0.6 is 0 Å². The highest BCUT2D eigenvalue weighted by atomic mass is 19.2. The normalized spacial score (nSPS) is 19.6. The van der Waals surface area contributed by atoms with Crippen LogP contribution in [0.4, 0.5) is 14.5 Å². The Morgan fingerprint density at radius 2 is 1.70 bits per heavy atom. The summed E-state index contributed by atoms with van der Waals surface area (Å²) in [5, 5.41) is 3.02. The minimum atomic E-state index is -1.18. The molecule has 1 fully saturated rings. The molecule has 1 aromatic rings. The highest BCUT2D eigenvalue weighted by Gasteiger charge is 2.65. The molecule has 1 aliphatic rings. The third kappa shape index (κ3) is 1.96. The maximum absolute atomic E-state index is 14.0. The molecule has 0 saturated heterocycles. The van der Waals surface area contributed by atoms with Crippen LogP contribution in [0, 0.1) is 22.5 Å². The quantitative estimate of drug-likeness (QED) is 0.861. The van der Waals surface area contributed by atoms with Crippen molar-refractivity contribution in [1.29, 1.82) is 0 Å². The number of rotatable bonds is 3. The lowest BCUT2D eigenvalue weighted by atomic mass is 10.0. The second-order valence-corrected chi connectivity index (χ2v) is 6.30. The highest BCUT2D eigenvalue weighted by Crippen LogP contribution is 2.63. The second-order valence-electron chi connectivity index (χ2n) is 6.30. The first-order chi connectivity index (χ1) is 9.14. The van der Waals surface area contributed by atoms with E-state index in [1.54, 1.807) is 0 Å². The Labute approximate surface area is 117 Å². The Hall–Kier alpha value is -1.65. The summed E-state index contributed by atoms with van der Waals surface area (Å²) in [6.45, 7) is 8.28. The van der Waals surface area contributed by atoms with Crippen LogP contribution in [0.25, 0.3) is 0 Å². The first-order valence-electron chi connectivity index (χ1n) is 6.47. The van der Waals surface area contributed by atoms with Gasteiger partial charge in [0.2, 0.25) is 0 Å². The van der Waals surface area contributed by atoms with Gasteiger partial charge in [-0.05, 0) is 23.0 Å². The molecule has 0 aliphatic heterocycles. The van der Waals surface area contributed by atoms with Crippen molar-refractivity contribution in [2.75, 3.05) is 12.4 Å². The molecule has 0 radical (unpaired) electrons. The fourth-order valence-corrected chi connectivity index (χ4v) is 2.64. The number of methoxy groups -OCH3 is 1. The standard InChI is InChI=1S/C15H19F2NO2/c1-14(2)13(15(14,3)4)18-9-7-6-8(12(19)20-5)10(16)11(9)17/h6-7,13,18H,1-5H3. The summed E-state index contributed by atoms with van der Waals surface area (Å²) < 4.78 is 32.3. The Bertz CT molecular complexity index is 553. The van der Waals surface area contributed by atoms with Crippen LogP contribution in [-0.2, 0) is 4.74 Å². The number of hydrogen-bond acceptors (Lipinski definition) is 3. The molecule has 0 atom stereocenters. The second kappa shape index (κ2) is 4.43. The number of benzene rings is 1. The molecule has 20 heavy (non-hydrogen) atoms. The van der Waals surface area contributed by atoms with Crippen LogP contribution < -0.4 is 5.32 Å². The Balaban J connectivity index is 2.28. The van der Waals surface area contributed by atoms with Gasteiger partial charge in [0.1, 0.15) is 0 Å². The van der Waals surface area contributed by atoms with Crippen LogP contribution in [0.2, 0.25) is 0 Å². The molecule has 1 N–H and O–H groups in total. The van der Waals surface area contributed by atoms with Gasteiger partial charge in [-0.15, -0.1) is 0 Å². The van der Waals surface area contributed by atoms with Crippen molar-refractivity contribution in [3.8, 4) is 0 Å². The molecule has 3 nitrogen and oxygen atoms in total. The predicted molar refractivity (Wildman–Crippen MR) is 72.7 cm³/mol. The molecule has 0 aromatic heterocycles. The summed E-state index contributed by atoms with van der Waals surface area (Å²) in [7, 11) is 1.13. The zero-order chi connectivity index (χ0) is 15.3. The molecule has 1 aromatic carbocycles. The zero-order valence-corrected chi connectivity index (χ0v) is 12.3. The van der Waals surface area contributed by atoms with E-state index in [1.165, 1.54) is 12.1 Å². The van der Waals surface area contributed by atoms with E-state index in [0.717, 1.165) is 7.11 Å². The maximum atomic E-state index is 14.0. The first-order valence-corrected chi connectivity index (χ1v) is 6.47. The summed E-state index contributed by atoms with van der Waals surface area (Å²) in [4.78, 5) is 11.3. The highest BCUT2D eigenvalue weighted by molar-refractivity contribution is 5.90. The van der Waals surface area contributed by atoms with Gasteiger partial charge in [-0.2, -0.15) is 0 Å². The van der Waals surface area contributed by atoms with Gasteiger partial charge in [-0.1, -0.05) is 27.7 Å². The minimum Gasteiger partial charge on any atom is -0.465 e. The molecule has 0 unspecified atom stereocenters. The van der Waals surface area contributed by atoms with Crippen molar-refractivity contribution in [2.24, 2.45) is 10.8 Å². The van der Waals surface area contributed by atoms with Gasteiger partial charge < -0.3 is 10.1 Å². The van der Waals surface area contributed by atoms with E-state index < -0.39 is 23.2 Å². The van der Waals surface area contributed by atoms with Gasteiger partial charge in [0.15, 0.2) is 11.6 Å². The van der Waals surface area contributed by atoms with Gasteiger partial charge in [-0.25, -0.2) is 13.6 Å². The topological polar surface area (TPSA) is 38.3 Å². The lowest BCUT2D eigenvalue weighted by Gasteiger charge is -2.11. The number of carbonyl (C=O) groups is 1. The molecule has 0 spiro atoms. The van der Waals surface area contributed by atoms with E-state index in [-0.39, 0.29) is 22.6 Å². The molecule has 0 heterocycles. The molecule has 0 bridgehead atoms. The largest absolute Gasteiger partial charge is 0.465 e. The van der Waals surface area contributed by atoms with Crippen molar-refractivity contribution >= 4 is 11.7 Å². The number of carbonyl (C=O) groups excluding carboxylic acids is 1. The van der Waals surface area contributed by atoms with Gasteiger partial charge in [0, 0.05) is 6.04 Å². The zero-order valence-electron chi connectivity index (χ0n) is 12.3. The van der Waals surface area contributed by atoms with Crippen LogP contribution in [0.3, 0.4) is 0 Å². The molecule has 110 valence electrons. The molecular weight excluding hydrogens is 264 g/mol. The Morgan fingerprint density at radius 3 is 2.15 bits per heavy atom. The van der Waals surface area contributed by atoms with E-state index in [2.05, 4.69) is 37.7 Å². The van der Waals surface area contributed by atoms with Crippen molar-refractivity contribution < 1.29 is 18.3 Å². The summed E-state index contributed by atoms with van der Waals surface area (Å²) in [6, 6.07) is 2.65. The molecule has 1 saturated carbocycles. The number of anilines is 1. The molecule has 2 rings (SSSR count). The fraction of sp³-hybridized carbons (Fsp3) is 0.533. The summed E-state index contributed by atoms with van der Waals surface area (Å²) in [5.74, 6) is -3.12. The summed E-state index contributed by atoms with van der Waals surface area (Å²) in [6.07, 6.45) is 0. The average Bonchev–Trinajstić information content (AvgIpc) is 2.76. The third-order valence-corrected chi connectivity index (χ3v) is 4.81. The molecule has 5 heteroatoms. The SMILES string of the molecule is COC(=O)c1ccc(NC2C(C)(C)C2(C)C)c(F)c1F. The number of esters is 1. The maximum Gasteiger partial charge on any atom is 0.340 e. The summed E-state index contributed by atoms with van der Waals surface area (Å²) in [5.41, 5.74) is -0.336. The first kappa shape index (κ1) is 14.8. The van der Waals surface area contributed by atoms with E-state index >= 15 is 0 Å². The minimum absolute atomic E-state index is 0.00304. The van der Waals surface area contributed by atoms with Crippen LogP contribution in [-0.4, -0.2) is 19.1 Å². The Kier molecular flexibility index (Phi) is 3.27. The summed E-state index contributed by atoms with van der Waals surface area (Å²) >= 11 is 0. The monoisotopic (exact) mass is 283 g/mol. The van der Waals surface area contributed by atoms with E-state index in [0.29, 0.717) is 0 Å². The van der Waals surface area contributed by atoms with Crippen LogP contribution in [0.15, 0.2) is 12.1 Å². The van der Waals surface area contributed by atoms with Crippen molar-refractivity contribution in [3.05, 3.63) is 29.3 Å². The van der Waals surface area contributed by atoms with E-state index in [1.807, 2.05) is 0 Å². The number of hydrogen-bond donors (Lipinski definition) is 1. The smallest absolute Gasteiger partial charge is 0.340 e. The van der Waals surface area contributed by atoms with Crippen molar-refractivity contribution in [3.63, 3.8) is 0 Å². The molecule has 0 amide bonds. The van der Waals surface area contributed by atoms with Crippen molar-refractivity contribution in [1.82, 2.24) is 0 Å². The van der Waals surface area contributed by atoms with Crippen LogP contribution in [0.5, 0.6) is 0 Å². The van der Waals surface area contributed by atoms with E-state index in [9.17, 15) is 13.6 Å². The average molecular weight is 283 g/mol. The fourth-order valence-electron chi connectivity index (χ4n) is 2.64. The number of ether oxygens (including phenoxy) is 1. The lowest BCUT2D eigenvalue weighted by molar-refractivity contribution is 0.0594. The van der Waals surface area contributed by atoms with Gasteiger partial charge in [0.25, 0.3) is 0 Å². The molecule has 1 aliphatic carbocycles. The third-order valence-electron chi connectivity index (χ3n) is 4.81. The van der Waals surface area contributed by atoms with Gasteiger partial charge in [-0.3, -0.25) is 0 Å². The Morgan fingerprint density at radius 1 is 1.15 bits per heavy atom. The number of halogens is 2. The van der Waals surface area contributed by atoms with Crippen molar-refractivity contribution in [2.45, 2.75) is 33.7 Å². The number of nitrogens with one attached hydrogen (secondary N) is 1. The molecular formula is C15H19F2NO2. The lowest BCUT2D eigenvalue weighted by Crippen LogP contribution is -2.14. The van der Waals surface area contributed by atoms with Gasteiger partial charge in [0.05, 0.1) is 18.4 Å².